The summed E-state index contributed by atoms with van der Waals surface area (Å²) < 4.78 is 2.05. The van der Waals surface area contributed by atoms with Crippen LogP contribution in [0.2, 0.25) is 0 Å². The van der Waals surface area contributed by atoms with Gasteiger partial charge in [0, 0.05) is 28.2 Å². The zero-order valence-corrected chi connectivity index (χ0v) is 9.90. The van der Waals surface area contributed by atoms with E-state index in [-0.39, 0.29) is 0 Å². The van der Waals surface area contributed by atoms with E-state index in [0.29, 0.717) is 0 Å². The quantitative estimate of drug-likeness (QED) is 0.566. The molecule has 0 fully saturated rings. The Morgan fingerprint density at radius 1 is 1.24 bits per heavy atom. The maximum Gasteiger partial charge on any atom is 0.151 e. The topological polar surface area (TPSA) is 22.0 Å². The first-order chi connectivity index (χ1) is 8.17. The first kappa shape index (κ1) is 11.2. The second kappa shape index (κ2) is 4.31. The fourth-order valence-electron chi connectivity index (χ4n) is 2.01. The normalized spacial score (nSPS) is 9.94. The molecule has 0 saturated heterocycles. The Morgan fingerprint density at radius 2 is 1.88 bits per heavy atom. The Labute approximate surface area is 101 Å². The molecule has 1 aromatic carbocycles. The highest BCUT2D eigenvalue weighted by Crippen LogP contribution is 2.19. The highest BCUT2D eigenvalue weighted by Gasteiger charge is 2.09. The van der Waals surface area contributed by atoms with Gasteiger partial charge in [0.25, 0.3) is 0 Å². The Hall–Kier alpha value is -2.27. The molecule has 84 valence electrons. The molecule has 17 heavy (non-hydrogen) atoms. The predicted octanol–water partition coefficient (Wildman–Crippen LogP) is 2.89. The third-order valence-electron chi connectivity index (χ3n) is 2.89. The summed E-state index contributed by atoms with van der Waals surface area (Å²) in [4.78, 5) is 10.9. The largest absolute Gasteiger partial charge is 0.318 e. The fourth-order valence-corrected chi connectivity index (χ4v) is 2.01. The minimum atomic E-state index is 0.725. The number of hydrogen-bond donors (Lipinski definition) is 0. The number of carbonyl (C=O) groups is 1. The van der Waals surface area contributed by atoms with Crippen LogP contribution < -0.4 is 0 Å². The Kier molecular flexibility index (Phi) is 2.84. The lowest BCUT2D eigenvalue weighted by Crippen LogP contribution is -1.99. The smallest absolute Gasteiger partial charge is 0.151 e. The maximum absolute atomic E-state index is 10.9. The van der Waals surface area contributed by atoms with Gasteiger partial charge in [0.05, 0.1) is 0 Å². The zero-order chi connectivity index (χ0) is 12.4. The summed E-state index contributed by atoms with van der Waals surface area (Å²) in [6, 6.07) is 9.61. The van der Waals surface area contributed by atoms with E-state index in [1.54, 1.807) is 0 Å². The van der Waals surface area contributed by atoms with Crippen molar-refractivity contribution < 1.29 is 4.79 Å². The van der Waals surface area contributed by atoms with Gasteiger partial charge in [0.1, 0.15) is 0 Å². The summed E-state index contributed by atoms with van der Waals surface area (Å²) in [5.74, 6) is 2.59. The first-order valence-electron chi connectivity index (χ1n) is 5.38. The third kappa shape index (κ3) is 1.88. The highest BCUT2D eigenvalue weighted by molar-refractivity contribution is 5.77. The molecule has 0 aliphatic rings. The van der Waals surface area contributed by atoms with Crippen molar-refractivity contribution in [2.75, 3.05) is 0 Å². The number of aryl methyl sites for hydroxylation is 1. The van der Waals surface area contributed by atoms with Gasteiger partial charge in [-0.1, -0.05) is 5.92 Å². The molecule has 0 radical (unpaired) electrons. The van der Waals surface area contributed by atoms with Gasteiger partial charge in [-0.25, -0.2) is 0 Å². The summed E-state index contributed by atoms with van der Waals surface area (Å²) in [5, 5.41) is 0. The molecule has 0 spiro atoms. The summed E-state index contributed by atoms with van der Waals surface area (Å²) in [6.07, 6.45) is 6.20. The lowest BCUT2D eigenvalue weighted by atomic mass is 10.2. The Bertz CT molecular complexity index is 597. The first-order valence-corrected chi connectivity index (χ1v) is 5.38. The van der Waals surface area contributed by atoms with Crippen LogP contribution in [-0.2, 0) is 0 Å². The average molecular weight is 223 g/mol. The zero-order valence-electron chi connectivity index (χ0n) is 9.90. The molecule has 0 aliphatic heterocycles. The molecule has 2 nitrogen and oxygen atoms in total. The molecule has 0 aliphatic carbocycles. The predicted molar refractivity (Wildman–Crippen MR) is 68.6 cm³/mol. The third-order valence-corrected chi connectivity index (χ3v) is 2.89. The van der Waals surface area contributed by atoms with Crippen LogP contribution in [0.1, 0.15) is 27.3 Å². The lowest BCUT2D eigenvalue weighted by molar-refractivity contribution is 0.112. The van der Waals surface area contributed by atoms with Crippen LogP contribution in [0.4, 0.5) is 0 Å². The maximum atomic E-state index is 10.9. The molecule has 1 aromatic heterocycles. The van der Waals surface area contributed by atoms with Gasteiger partial charge in [-0.05, 0) is 44.2 Å². The van der Waals surface area contributed by atoms with E-state index in [0.717, 1.165) is 34.5 Å². The van der Waals surface area contributed by atoms with Crippen LogP contribution in [0, 0.1) is 26.2 Å². The van der Waals surface area contributed by atoms with E-state index in [9.17, 15) is 4.79 Å². The van der Waals surface area contributed by atoms with Crippen molar-refractivity contribution in [3.63, 3.8) is 0 Å². The second-order valence-electron chi connectivity index (χ2n) is 3.97. The standard InChI is InChI=1S/C15H13NO/c1-4-13-5-7-15(8-6-13)16-11(2)9-14(10-17)12(16)3/h1,5-10H,2-3H3. The van der Waals surface area contributed by atoms with Crippen LogP contribution in [0.15, 0.2) is 30.3 Å². The van der Waals surface area contributed by atoms with Crippen molar-refractivity contribution >= 4 is 6.29 Å². The van der Waals surface area contributed by atoms with Gasteiger partial charge in [-0.2, -0.15) is 0 Å². The fraction of sp³-hybridized carbons (Fsp3) is 0.133. The van der Waals surface area contributed by atoms with E-state index in [1.807, 2.05) is 48.7 Å². The van der Waals surface area contributed by atoms with Crippen LogP contribution in [0.25, 0.3) is 5.69 Å². The van der Waals surface area contributed by atoms with E-state index in [2.05, 4.69) is 5.92 Å². The number of rotatable bonds is 2. The Morgan fingerprint density at radius 3 is 2.35 bits per heavy atom. The van der Waals surface area contributed by atoms with Crippen molar-refractivity contribution in [1.29, 1.82) is 0 Å². The average Bonchev–Trinajstić information content (AvgIpc) is 2.64. The van der Waals surface area contributed by atoms with Crippen LogP contribution in [0.5, 0.6) is 0 Å². The van der Waals surface area contributed by atoms with Gasteiger partial charge in [-0.15, -0.1) is 6.42 Å². The molecule has 2 heteroatoms. The number of aldehydes is 1. The molecule has 0 amide bonds. The molecule has 0 N–H and O–H groups in total. The minimum Gasteiger partial charge on any atom is -0.318 e. The summed E-state index contributed by atoms with van der Waals surface area (Å²) in [5.41, 5.74) is 4.59. The number of terminal acetylenes is 1. The summed E-state index contributed by atoms with van der Waals surface area (Å²) in [6.45, 7) is 3.92. The molecular formula is C15H13NO. The second-order valence-corrected chi connectivity index (χ2v) is 3.97. The van der Waals surface area contributed by atoms with Crippen molar-refractivity contribution in [2.45, 2.75) is 13.8 Å². The molecule has 0 atom stereocenters. The lowest BCUT2D eigenvalue weighted by Gasteiger charge is -2.09. The number of nitrogens with zero attached hydrogens (tertiary/aromatic N) is 1. The number of benzene rings is 1. The number of carbonyl (C=O) groups excluding carboxylic acids is 1. The van der Waals surface area contributed by atoms with Crippen LogP contribution in [-0.4, -0.2) is 10.9 Å². The van der Waals surface area contributed by atoms with Gasteiger partial charge in [0.15, 0.2) is 6.29 Å². The minimum absolute atomic E-state index is 0.725. The molecular weight excluding hydrogens is 210 g/mol. The van der Waals surface area contributed by atoms with Crippen molar-refractivity contribution in [3.8, 4) is 18.0 Å². The summed E-state index contributed by atoms with van der Waals surface area (Å²) >= 11 is 0. The van der Waals surface area contributed by atoms with E-state index < -0.39 is 0 Å². The Balaban J connectivity index is 2.56. The van der Waals surface area contributed by atoms with Crippen molar-refractivity contribution in [3.05, 3.63) is 52.8 Å². The molecule has 2 rings (SSSR count). The van der Waals surface area contributed by atoms with Crippen LogP contribution in [0.3, 0.4) is 0 Å². The van der Waals surface area contributed by atoms with E-state index in [4.69, 9.17) is 6.42 Å². The molecule has 2 aromatic rings. The SMILES string of the molecule is C#Cc1ccc(-n2c(C)cc(C=O)c2C)cc1. The van der Waals surface area contributed by atoms with Gasteiger partial charge >= 0.3 is 0 Å². The van der Waals surface area contributed by atoms with E-state index >= 15 is 0 Å². The monoisotopic (exact) mass is 223 g/mol. The molecule has 0 unspecified atom stereocenters. The van der Waals surface area contributed by atoms with Crippen molar-refractivity contribution in [2.24, 2.45) is 0 Å². The van der Waals surface area contributed by atoms with Gasteiger partial charge in [-0.3, -0.25) is 4.79 Å². The number of hydrogen-bond acceptors (Lipinski definition) is 1. The number of aromatic nitrogens is 1. The molecule has 0 saturated carbocycles. The summed E-state index contributed by atoms with van der Waals surface area (Å²) in [7, 11) is 0. The highest BCUT2D eigenvalue weighted by atomic mass is 16.1. The van der Waals surface area contributed by atoms with Gasteiger partial charge < -0.3 is 4.57 Å². The molecule has 1 heterocycles. The van der Waals surface area contributed by atoms with Gasteiger partial charge in [0.2, 0.25) is 0 Å². The molecule has 0 bridgehead atoms. The van der Waals surface area contributed by atoms with E-state index in [1.165, 1.54) is 0 Å². The van der Waals surface area contributed by atoms with Crippen LogP contribution >= 0.6 is 0 Å². The van der Waals surface area contributed by atoms with Crippen molar-refractivity contribution in [1.82, 2.24) is 4.57 Å².